The van der Waals surface area contributed by atoms with Gasteiger partial charge in [0.05, 0.1) is 46.5 Å². The minimum Gasteiger partial charge on any atom is -0.208 e. The van der Waals surface area contributed by atoms with Crippen LogP contribution in [-0.2, 0) is 0 Å². The molecule has 0 atom stereocenters. The van der Waals surface area contributed by atoms with Gasteiger partial charge in [-0.25, -0.2) is 44.9 Å². The Labute approximate surface area is 808 Å². The molecule has 0 aliphatic heterocycles. The first-order valence-corrected chi connectivity index (χ1v) is 46.0. The van der Waals surface area contributed by atoms with Gasteiger partial charge in [0.25, 0.3) is 0 Å². The summed E-state index contributed by atoms with van der Waals surface area (Å²) in [6, 6.07) is 164. The second-order valence-electron chi connectivity index (χ2n) is 34.4. The Bertz CT molecular complexity index is 8820. The Morgan fingerprint density at radius 2 is 0.429 bits per heavy atom. The van der Waals surface area contributed by atoms with Gasteiger partial charge in [0.1, 0.15) is 0 Å². The third kappa shape index (κ3) is 16.9. The highest BCUT2D eigenvalue weighted by atomic mass is 15.1. The highest BCUT2D eigenvalue weighted by molar-refractivity contribution is 6.12. The Hall–Kier alpha value is -19.8. The quantitative estimate of drug-likeness (QED) is 0.0738. The first-order valence-electron chi connectivity index (χ1n) is 46.0. The van der Waals surface area contributed by atoms with Crippen molar-refractivity contribution in [2.75, 3.05) is 0 Å². The maximum Gasteiger partial charge on any atom is 0.164 e. The summed E-state index contributed by atoms with van der Waals surface area (Å²) in [6.07, 6.45) is 0. The summed E-state index contributed by atoms with van der Waals surface area (Å²) in [5.74, 6) is 5.04. The number of hydrogen-bond donors (Lipinski definition) is 0. The average Bonchev–Trinajstić information content (AvgIpc) is 0.742. The van der Waals surface area contributed by atoms with Crippen molar-refractivity contribution in [1.29, 1.82) is 21.0 Å². The fraction of sp³-hybridized carbons (Fsp3) is 0. The molecule has 0 unspecified atom stereocenters. The van der Waals surface area contributed by atoms with Gasteiger partial charge < -0.3 is 0 Å². The third-order valence-corrected chi connectivity index (χ3v) is 25.8. The van der Waals surface area contributed by atoms with E-state index in [0.29, 0.717) is 74.7 Å². The number of nitriles is 4. The maximum atomic E-state index is 11.5. The van der Waals surface area contributed by atoms with E-state index >= 15 is 0 Å². The van der Waals surface area contributed by atoms with E-state index in [1.807, 2.05) is 200 Å². The summed E-state index contributed by atoms with van der Waals surface area (Å²) >= 11 is 0. The maximum absolute atomic E-state index is 11.5. The smallest absolute Gasteiger partial charge is 0.164 e. The zero-order valence-electron chi connectivity index (χ0n) is 75.1. The molecule has 0 aliphatic rings. The molecule has 23 aromatic rings. The predicted molar refractivity (Wildman–Crippen MR) is 561 cm³/mol. The lowest BCUT2D eigenvalue weighted by Crippen LogP contribution is -2.00. The van der Waals surface area contributed by atoms with Crippen LogP contribution in [0.3, 0.4) is 0 Å². The molecule has 0 saturated heterocycles. The van der Waals surface area contributed by atoms with Crippen molar-refractivity contribution in [2.24, 2.45) is 0 Å². The van der Waals surface area contributed by atoms with E-state index in [1.54, 1.807) is 6.07 Å². The molecule has 0 radical (unpaired) electrons. The van der Waals surface area contributed by atoms with Crippen LogP contribution in [0.15, 0.2) is 455 Å². The number of benzene rings is 20. The van der Waals surface area contributed by atoms with Crippen molar-refractivity contribution < 1.29 is 0 Å². The minimum absolute atomic E-state index is 0.445. The van der Waals surface area contributed by atoms with Crippen LogP contribution in [-0.4, -0.2) is 44.9 Å². The van der Waals surface area contributed by atoms with E-state index in [2.05, 4.69) is 273 Å². The van der Waals surface area contributed by atoms with E-state index in [9.17, 15) is 21.0 Å². The standard InChI is InChI=1S/C127H75N13/c128-76-80-20-18-31-98(67-80)83-36-46-89(47-37-83)118-114-35-17-16-34-113(114)115(75-116(118)87-44-54-97(55-45-87)125-136-121(92-25-10-3-11-26-92)133-122(137-125)93-27-12-4-13-28-93)106-61-63-110(109(74-106)79-131)85-40-48-88(49-41-85)117-111(86-42-52-96(53-43-86)124-134-119(90-21-6-1-7-22-90)132-120(135-124)91-23-8-2-9-24-91)65-62-105-72-103(60-64-112(105)117)99-32-19-33-107(73-99)127-139-123(94-29-14-5-15-30-94)138-126(140-127)95-50-38-84(39-51-95)100-56-57-102-71-104(59-58-101(102)70-100)108-68-81(77-129)66-82(69-108)78-130/h1-75H. The predicted octanol–water partition coefficient (Wildman–Crippen LogP) is 30.9. The molecule has 0 spiro atoms. The van der Waals surface area contributed by atoms with E-state index in [-0.39, 0.29) is 0 Å². The zero-order chi connectivity index (χ0) is 93.9. The normalized spacial score (nSPS) is 11.1. The molecule has 0 saturated carbocycles. The van der Waals surface area contributed by atoms with Gasteiger partial charge in [0, 0.05) is 50.1 Å². The Morgan fingerprint density at radius 1 is 0.136 bits per heavy atom. The monoisotopic (exact) mass is 1780 g/mol. The van der Waals surface area contributed by atoms with Crippen LogP contribution < -0.4 is 0 Å². The van der Waals surface area contributed by atoms with Crippen LogP contribution in [0.4, 0.5) is 0 Å². The fourth-order valence-electron chi connectivity index (χ4n) is 18.7. The van der Waals surface area contributed by atoms with Crippen molar-refractivity contribution >= 4 is 32.3 Å². The van der Waals surface area contributed by atoms with E-state index < -0.39 is 0 Å². The second-order valence-corrected chi connectivity index (χ2v) is 34.4. The molecule has 0 N–H and O–H groups in total. The van der Waals surface area contributed by atoms with Crippen LogP contribution in [0.1, 0.15) is 22.3 Å². The number of rotatable bonds is 19. The van der Waals surface area contributed by atoms with Crippen molar-refractivity contribution in [1.82, 2.24) is 44.9 Å². The van der Waals surface area contributed by atoms with Gasteiger partial charge in [-0.05, 0) is 210 Å². The van der Waals surface area contributed by atoms with Crippen LogP contribution in [0.2, 0.25) is 0 Å². The van der Waals surface area contributed by atoms with Crippen molar-refractivity contribution in [2.45, 2.75) is 0 Å². The fourth-order valence-corrected chi connectivity index (χ4v) is 18.7. The van der Waals surface area contributed by atoms with Gasteiger partial charge in [-0.15, -0.1) is 0 Å². The summed E-state index contributed by atoms with van der Waals surface area (Å²) in [7, 11) is 0. The number of nitrogens with zero attached hydrogens (tertiary/aromatic N) is 13. The lowest BCUT2D eigenvalue weighted by Gasteiger charge is -2.19. The Balaban J connectivity index is 0.600. The zero-order valence-corrected chi connectivity index (χ0v) is 75.1. The molecular formula is C127H75N13. The van der Waals surface area contributed by atoms with Gasteiger partial charge in [-0.3, -0.25) is 0 Å². The van der Waals surface area contributed by atoms with Crippen LogP contribution in [0.25, 0.3) is 246 Å². The van der Waals surface area contributed by atoms with Gasteiger partial charge in [-0.2, -0.15) is 21.0 Å². The molecular weight excluding hydrogens is 1710 g/mol. The third-order valence-electron chi connectivity index (χ3n) is 25.8. The molecule has 20 aromatic carbocycles. The summed E-state index contributed by atoms with van der Waals surface area (Å²) in [6.45, 7) is 0. The van der Waals surface area contributed by atoms with Crippen LogP contribution in [0.5, 0.6) is 0 Å². The van der Waals surface area contributed by atoms with Crippen LogP contribution >= 0.6 is 0 Å². The molecule has 648 valence electrons. The summed E-state index contributed by atoms with van der Waals surface area (Å²) in [5.41, 5.74) is 29.0. The SMILES string of the molecule is N#Cc1cccc(-c2ccc(-c3c(-c4ccc(-c5nc(-c6ccccc6)nc(-c6ccccc6)n5)cc4)cc(-c4ccc(-c5ccc(-c6c(-c7ccc(-c8nc(-c9ccccc9)nc(-c9ccccc9)n8)cc7)ccc7cc(-c8cccc(-c9nc(-c%10ccccc%10)nc(-c%10ccc(-c%11ccc%12cc(-c%13cc(C#N)cc(C#N)c%13)ccc%12c%11)cc%10)n9)c8)ccc67)cc5)c(C#N)c4)c4ccccc34)cc2)c1. The Morgan fingerprint density at radius 3 is 0.879 bits per heavy atom. The highest BCUT2D eigenvalue weighted by Gasteiger charge is 2.24. The number of fused-ring (bicyclic) bond motifs is 3. The molecule has 13 nitrogen and oxygen atoms in total. The molecule has 13 heteroatoms. The van der Waals surface area contributed by atoms with Crippen molar-refractivity contribution in [3.63, 3.8) is 0 Å². The van der Waals surface area contributed by atoms with Crippen molar-refractivity contribution in [3.8, 4) is 238 Å². The molecule has 3 heterocycles. The highest BCUT2D eigenvalue weighted by Crippen LogP contribution is 2.48. The molecule has 0 fully saturated rings. The largest absolute Gasteiger partial charge is 0.208 e. The van der Waals surface area contributed by atoms with Crippen molar-refractivity contribution in [3.05, 3.63) is 477 Å². The summed E-state index contributed by atoms with van der Waals surface area (Å²) in [4.78, 5) is 45.9. The summed E-state index contributed by atoms with van der Waals surface area (Å²) < 4.78 is 0. The number of aromatic nitrogens is 9. The second kappa shape index (κ2) is 37.0. The lowest BCUT2D eigenvalue weighted by atomic mass is 9.84. The van der Waals surface area contributed by atoms with Gasteiger partial charge in [-0.1, -0.05) is 388 Å². The Kier molecular flexibility index (Phi) is 22.3. The molecule has 3 aromatic heterocycles. The molecule has 23 rings (SSSR count). The van der Waals surface area contributed by atoms with Gasteiger partial charge in [0.15, 0.2) is 52.4 Å². The summed E-state index contributed by atoms with van der Waals surface area (Å²) in [5, 5.41) is 47.0. The molecule has 140 heavy (non-hydrogen) atoms. The molecule has 0 amide bonds. The minimum atomic E-state index is 0.445. The molecule has 0 aliphatic carbocycles. The van der Waals surface area contributed by atoms with Gasteiger partial charge in [0.2, 0.25) is 0 Å². The first kappa shape index (κ1) is 84.4. The average molecular weight is 1780 g/mol. The van der Waals surface area contributed by atoms with E-state index in [0.717, 1.165) is 194 Å². The topological polar surface area (TPSA) is 211 Å². The van der Waals surface area contributed by atoms with Gasteiger partial charge >= 0.3 is 0 Å². The molecule has 0 bridgehead atoms. The van der Waals surface area contributed by atoms with E-state index in [4.69, 9.17) is 44.9 Å². The van der Waals surface area contributed by atoms with E-state index in [1.165, 1.54) is 0 Å². The van der Waals surface area contributed by atoms with Crippen LogP contribution in [0, 0.1) is 45.3 Å². The first-order chi connectivity index (χ1) is 69.1. The lowest BCUT2D eigenvalue weighted by molar-refractivity contribution is 1.07. The number of hydrogen-bond acceptors (Lipinski definition) is 13.